The van der Waals surface area contributed by atoms with Crippen LogP contribution in [0, 0.1) is 11.8 Å². The Morgan fingerprint density at radius 2 is 2.07 bits per heavy atom. The summed E-state index contributed by atoms with van der Waals surface area (Å²) in [4.78, 5) is 18.6. The highest BCUT2D eigenvalue weighted by molar-refractivity contribution is 5.79. The Kier molecular flexibility index (Phi) is 12.1. The predicted molar refractivity (Wildman–Crippen MR) is 121 cm³/mol. The third-order valence-electron chi connectivity index (χ3n) is 4.98. The lowest BCUT2D eigenvalue weighted by Gasteiger charge is -2.28. The van der Waals surface area contributed by atoms with Crippen LogP contribution in [0.3, 0.4) is 0 Å². The van der Waals surface area contributed by atoms with Gasteiger partial charge in [0, 0.05) is 52.4 Å². The number of alkyl carbamates (subject to hydrolysis) is 1. The van der Waals surface area contributed by atoms with Crippen molar-refractivity contribution in [1.82, 2.24) is 15.5 Å². The highest BCUT2D eigenvalue weighted by Gasteiger charge is 2.22. The SMILES string of the molecule is CN=C(NCCCOCC1CCOC1)N(C)CCC(NC(=O)OC(C)(C)C)C(C)C. The number of hydrogen-bond acceptors (Lipinski definition) is 5. The van der Waals surface area contributed by atoms with Crippen molar-refractivity contribution in [2.45, 2.75) is 65.5 Å². The third kappa shape index (κ3) is 11.6. The fourth-order valence-electron chi connectivity index (χ4n) is 3.19. The van der Waals surface area contributed by atoms with Crippen LogP contribution in [0.1, 0.15) is 53.9 Å². The van der Waals surface area contributed by atoms with Gasteiger partial charge in [-0.2, -0.15) is 0 Å². The van der Waals surface area contributed by atoms with E-state index in [1.807, 2.05) is 27.8 Å². The van der Waals surface area contributed by atoms with E-state index in [4.69, 9.17) is 14.2 Å². The lowest BCUT2D eigenvalue weighted by Crippen LogP contribution is -2.45. The van der Waals surface area contributed by atoms with Gasteiger partial charge in [0.1, 0.15) is 5.60 Å². The van der Waals surface area contributed by atoms with Crippen LogP contribution >= 0.6 is 0 Å². The molecule has 2 N–H and O–H groups in total. The second-order valence-electron chi connectivity index (χ2n) is 9.34. The van der Waals surface area contributed by atoms with Gasteiger partial charge in [-0.05, 0) is 46.0 Å². The Morgan fingerprint density at radius 3 is 2.63 bits per heavy atom. The van der Waals surface area contributed by atoms with E-state index in [1.54, 1.807) is 7.05 Å². The van der Waals surface area contributed by atoms with Crippen molar-refractivity contribution >= 4 is 12.1 Å². The first kappa shape index (κ1) is 26.5. The number of carbonyl (C=O) groups excluding carboxylic acids is 1. The molecule has 1 amide bonds. The van der Waals surface area contributed by atoms with Crippen molar-refractivity contribution in [3.8, 4) is 0 Å². The zero-order valence-electron chi connectivity index (χ0n) is 20.1. The molecule has 1 aliphatic rings. The molecule has 1 saturated heterocycles. The number of guanidine groups is 1. The van der Waals surface area contributed by atoms with Gasteiger partial charge >= 0.3 is 6.09 Å². The molecule has 0 aromatic rings. The Labute approximate surface area is 183 Å². The molecular weight excluding hydrogens is 384 g/mol. The van der Waals surface area contributed by atoms with Gasteiger partial charge in [-0.25, -0.2) is 4.79 Å². The van der Waals surface area contributed by atoms with E-state index in [0.29, 0.717) is 11.8 Å². The number of nitrogens with zero attached hydrogens (tertiary/aromatic N) is 2. The van der Waals surface area contributed by atoms with E-state index < -0.39 is 5.60 Å². The van der Waals surface area contributed by atoms with Crippen LogP contribution in [0.4, 0.5) is 4.79 Å². The van der Waals surface area contributed by atoms with Gasteiger partial charge < -0.3 is 29.7 Å². The van der Waals surface area contributed by atoms with Gasteiger partial charge in [-0.3, -0.25) is 4.99 Å². The molecule has 30 heavy (non-hydrogen) atoms. The average molecular weight is 429 g/mol. The van der Waals surface area contributed by atoms with Gasteiger partial charge in [0.2, 0.25) is 0 Å². The summed E-state index contributed by atoms with van der Waals surface area (Å²) in [5, 5.41) is 6.38. The number of nitrogens with one attached hydrogen (secondary N) is 2. The van der Waals surface area contributed by atoms with Crippen LogP contribution in [0.2, 0.25) is 0 Å². The van der Waals surface area contributed by atoms with Crippen molar-refractivity contribution in [3.63, 3.8) is 0 Å². The summed E-state index contributed by atoms with van der Waals surface area (Å²) in [5.74, 6) is 1.71. The summed E-state index contributed by atoms with van der Waals surface area (Å²) in [6, 6.07) is 0.0355. The lowest BCUT2D eigenvalue weighted by molar-refractivity contribution is 0.0486. The van der Waals surface area contributed by atoms with E-state index in [2.05, 4.69) is 34.4 Å². The Hall–Kier alpha value is -1.54. The summed E-state index contributed by atoms with van der Waals surface area (Å²) in [7, 11) is 3.80. The topological polar surface area (TPSA) is 84.4 Å². The first-order valence-electron chi connectivity index (χ1n) is 11.2. The summed E-state index contributed by atoms with van der Waals surface area (Å²) in [6.45, 7) is 14.6. The highest BCUT2D eigenvalue weighted by atomic mass is 16.6. The molecule has 176 valence electrons. The first-order chi connectivity index (χ1) is 14.1. The second-order valence-corrected chi connectivity index (χ2v) is 9.34. The van der Waals surface area contributed by atoms with E-state index in [1.165, 1.54) is 0 Å². The van der Waals surface area contributed by atoms with E-state index >= 15 is 0 Å². The maximum Gasteiger partial charge on any atom is 0.407 e. The van der Waals surface area contributed by atoms with E-state index in [-0.39, 0.29) is 12.1 Å². The van der Waals surface area contributed by atoms with Gasteiger partial charge in [-0.15, -0.1) is 0 Å². The zero-order chi connectivity index (χ0) is 22.6. The Morgan fingerprint density at radius 1 is 1.33 bits per heavy atom. The molecule has 1 heterocycles. The summed E-state index contributed by atoms with van der Waals surface area (Å²) in [6.07, 6.45) is 2.47. The summed E-state index contributed by atoms with van der Waals surface area (Å²) in [5.41, 5.74) is -0.497. The minimum Gasteiger partial charge on any atom is -0.444 e. The molecule has 2 atom stereocenters. The molecule has 0 aromatic heterocycles. The second kappa shape index (κ2) is 13.7. The summed E-state index contributed by atoms with van der Waals surface area (Å²) < 4.78 is 16.5. The highest BCUT2D eigenvalue weighted by Crippen LogP contribution is 2.12. The first-order valence-corrected chi connectivity index (χ1v) is 11.2. The van der Waals surface area contributed by atoms with Gasteiger partial charge in [0.25, 0.3) is 0 Å². The van der Waals surface area contributed by atoms with Gasteiger partial charge in [-0.1, -0.05) is 13.8 Å². The molecule has 0 spiro atoms. The number of carbonyl (C=O) groups is 1. The normalized spacial score (nSPS) is 18.4. The third-order valence-corrected chi connectivity index (χ3v) is 4.98. The van der Waals surface area contributed by atoms with Crippen LogP contribution < -0.4 is 10.6 Å². The lowest BCUT2D eigenvalue weighted by atomic mass is 10.0. The molecule has 8 heteroatoms. The van der Waals surface area contributed by atoms with Crippen LogP contribution in [0.5, 0.6) is 0 Å². The fourth-order valence-corrected chi connectivity index (χ4v) is 3.19. The number of amides is 1. The Bertz CT molecular complexity index is 514. The molecule has 1 rings (SSSR count). The van der Waals surface area contributed by atoms with Crippen LogP contribution in [-0.2, 0) is 14.2 Å². The van der Waals surface area contributed by atoms with Crippen molar-refractivity contribution in [3.05, 3.63) is 0 Å². The molecule has 1 fully saturated rings. The minimum atomic E-state index is -0.497. The maximum absolute atomic E-state index is 12.1. The number of hydrogen-bond donors (Lipinski definition) is 2. The van der Waals surface area contributed by atoms with Crippen LogP contribution in [0.15, 0.2) is 4.99 Å². The Balaban J connectivity index is 2.29. The van der Waals surface area contributed by atoms with E-state index in [9.17, 15) is 4.79 Å². The summed E-state index contributed by atoms with van der Waals surface area (Å²) >= 11 is 0. The van der Waals surface area contributed by atoms with Gasteiger partial charge in [0.15, 0.2) is 5.96 Å². The monoisotopic (exact) mass is 428 g/mol. The number of aliphatic imine (C=N–C) groups is 1. The molecule has 0 radical (unpaired) electrons. The quantitative estimate of drug-likeness (QED) is 0.299. The van der Waals surface area contributed by atoms with E-state index in [0.717, 1.165) is 64.7 Å². The smallest absolute Gasteiger partial charge is 0.407 e. The molecule has 1 aliphatic heterocycles. The fraction of sp³-hybridized carbons (Fsp3) is 0.909. The van der Waals surface area contributed by atoms with Crippen molar-refractivity contribution in [2.24, 2.45) is 16.8 Å². The van der Waals surface area contributed by atoms with Crippen LogP contribution in [-0.4, -0.2) is 82.2 Å². The minimum absolute atomic E-state index is 0.0355. The average Bonchev–Trinajstić information content (AvgIpc) is 3.16. The predicted octanol–water partition coefficient (Wildman–Crippen LogP) is 2.88. The molecule has 0 bridgehead atoms. The van der Waals surface area contributed by atoms with Gasteiger partial charge in [0.05, 0.1) is 13.2 Å². The molecule has 8 nitrogen and oxygen atoms in total. The molecule has 2 unspecified atom stereocenters. The molecule has 0 aliphatic carbocycles. The standard InChI is InChI=1S/C22H44N4O4/c1-17(2)19(25-21(27)30-22(3,4)5)9-12-26(7)20(23-6)24-11-8-13-28-15-18-10-14-29-16-18/h17-19H,8-16H2,1-7H3,(H,23,24)(H,25,27). The largest absolute Gasteiger partial charge is 0.444 e. The van der Waals surface area contributed by atoms with Crippen molar-refractivity contribution < 1.29 is 19.0 Å². The van der Waals surface area contributed by atoms with Crippen LogP contribution in [0.25, 0.3) is 0 Å². The molecular formula is C22H44N4O4. The number of ether oxygens (including phenoxy) is 3. The number of rotatable bonds is 11. The molecule has 0 aromatic carbocycles. The van der Waals surface area contributed by atoms with Crippen molar-refractivity contribution in [2.75, 3.05) is 53.6 Å². The maximum atomic E-state index is 12.1. The molecule has 0 saturated carbocycles. The zero-order valence-corrected chi connectivity index (χ0v) is 20.1. The van der Waals surface area contributed by atoms with Crippen molar-refractivity contribution in [1.29, 1.82) is 0 Å².